The van der Waals surface area contributed by atoms with Crippen molar-refractivity contribution in [3.8, 4) is 5.75 Å². The number of nitrogens with one attached hydrogen (secondary N) is 1. The van der Waals surface area contributed by atoms with E-state index in [-0.39, 0.29) is 12.1 Å². The Morgan fingerprint density at radius 1 is 1.14 bits per heavy atom. The molecule has 4 nitrogen and oxygen atoms in total. The fraction of sp³-hybridized carbons (Fsp3) is 0.353. The zero-order chi connectivity index (χ0) is 15.1. The van der Waals surface area contributed by atoms with Crippen LogP contribution < -0.4 is 10.1 Å². The number of nitrogens with zero attached hydrogens (tertiary/aromatic N) is 1. The fourth-order valence-electron chi connectivity index (χ4n) is 2.45. The molecule has 1 aromatic heterocycles. The van der Waals surface area contributed by atoms with E-state index in [1.54, 1.807) is 13.3 Å². The van der Waals surface area contributed by atoms with E-state index < -0.39 is 0 Å². The number of hydrogen-bond acceptors (Lipinski definition) is 4. The molecule has 0 saturated carbocycles. The van der Waals surface area contributed by atoms with Crippen LogP contribution in [0.4, 0.5) is 0 Å². The van der Waals surface area contributed by atoms with Crippen molar-refractivity contribution in [1.29, 1.82) is 0 Å². The van der Waals surface area contributed by atoms with Gasteiger partial charge in [0.25, 0.3) is 0 Å². The van der Waals surface area contributed by atoms with Crippen molar-refractivity contribution < 1.29 is 9.47 Å². The van der Waals surface area contributed by atoms with E-state index >= 15 is 0 Å². The number of benzene rings is 1. The largest absolute Gasteiger partial charge is 0.492 e. The van der Waals surface area contributed by atoms with Gasteiger partial charge in [-0.3, -0.25) is 4.98 Å². The van der Waals surface area contributed by atoms with E-state index in [0.29, 0.717) is 6.61 Å². The number of aromatic nitrogens is 1. The summed E-state index contributed by atoms with van der Waals surface area (Å²) in [5, 5.41) is 3.32. The van der Waals surface area contributed by atoms with Crippen LogP contribution in [-0.2, 0) is 4.74 Å². The van der Waals surface area contributed by atoms with Gasteiger partial charge in [0.05, 0.1) is 18.8 Å². The van der Waals surface area contributed by atoms with Gasteiger partial charge in [0.1, 0.15) is 11.9 Å². The Bertz CT molecular complexity index is 545. The number of methoxy groups -OCH3 is 1. The average molecular weight is 286 g/mol. The van der Waals surface area contributed by atoms with Crippen LogP contribution >= 0.6 is 0 Å². The van der Waals surface area contributed by atoms with Gasteiger partial charge in [-0.25, -0.2) is 0 Å². The Morgan fingerprint density at radius 3 is 2.52 bits per heavy atom. The third-order valence-corrected chi connectivity index (χ3v) is 3.40. The average Bonchev–Trinajstić information content (AvgIpc) is 2.54. The summed E-state index contributed by atoms with van der Waals surface area (Å²) in [5.41, 5.74) is 2.17. The summed E-state index contributed by atoms with van der Waals surface area (Å²) in [5.74, 6) is 0.776. The van der Waals surface area contributed by atoms with Gasteiger partial charge in [0.2, 0.25) is 0 Å². The number of likely N-dealkylation sites (N-methyl/N-ethyl adjacent to an activating group) is 1. The molecule has 21 heavy (non-hydrogen) atoms. The van der Waals surface area contributed by atoms with E-state index in [9.17, 15) is 0 Å². The number of rotatable bonds is 7. The molecule has 1 N–H and O–H groups in total. The summed E-state index contributed by atoms with van der Waals surface area (Å²) in [4.78, 5) is 4.26. The quantitative estimate of drug-likeness (QED) is 0.849. The molecule has 0 aliphatic heterocycles. The lowest BCUT2D eigenvalue weighted by molar-refractivity contribution is 0.0700. The first-order chi connectivity index (χ1) is 10.3. The normalized spacial score (nSPS) is 13.7. The molecule has 0 aliphatic rings. The third kappa shape index (κ3) is 3.80. The molecule has 1 aromatic carbocycles. The lowest BCUT2D eigenvalue weighted by Crippen LogP contribution is -2.25. The minimum Gasteiger partial charge on any atom is -0.492 e. The zero-order valence-electron chi connectivity index (χ0n) is 12.7. The number of hydrogen-bond donors (Lipinski definition) is 1. The highest BCUT2D eigenvalue weighted by Gasteiger charge is 2.23. The molecular formula is C17H22N2O2. The molecule has 2 aromatic rings. The van der Waals surface area contributed by atoms with Crippen LogP contribution in [0.2, 0.25) is 0 Å². The molecule has 0 spiro atoms. The maximum atomic E-state index is 5.71. The molecule has 112 valence electrons. The lowest BCUT2D eigenvalue weighted by atomic mass is 9.97. The van der Waals surface area contributed by atoms with Crippen molar-refractivity contribution in [2.24, 2.45) is 0 Å². The van der Waals surface area contributed by atoms with E-state index in [0.717, 1.165) is 16.9 Å². The van der Waals surface area contributed by atoms with E-state index in [2.05, 4.69) is 22.4 Å². The molecule has 0 radical (unpaired) electrons. The molecule has 4 heteroatoms. The van der Waals surface area contributed by atoms with Crippen molar-refractivity contribution in [2.45, 2.75) is 19.1 Å². The highest BCUT2D eigenvalue weighted by molar-refractivity contribution is 5.29. The van der Waals surface area contributed by atoms with Crippen molar-refractivity contribution in [3.05, 3.63) is 59.9 Å². The standard InChI is InChI=1S/C17H22N2O2/c1-4-21-15-10-14(11-19-12-15)16(18-2)17(20-3)13-8-6-5-7-9-13/h5-12,16-18H,4H2,1-3H3. The maximum absolute atomic E-state index is 5.71. The Balaban J connectivity index is 2.31. The third-order valence-electron chi connectivity index (χ3n) is 3.40. The van der Waals surface area contributed by atoms with Crippen molar-refractivity contribution >= 4 is 0 Å². The molecule has 0 bridgehead atoms. The van der Waals surface area contributed by atoms with E-state index in [4.69, 9.17) is 9.47 Å². The van der Waals surface area contributed by atoms with Gasteiger partial charge in [0, 0.05) is 13.3 Å². The van der Waals surface area contributed by atoms with Crippen LogP contribution in [0.1, 0.15) is 30.2 Å². The molecule has 1 heterocycles. The van der Waals surface area contributed by atoms with Gasteiger partial charge in [0.15, 0.2) is 0 Å². The Morgan fingerprint density at radius 2 is 1.90 bits per heavy atom. The van der Waals surface area contributed by atoms with Gasteiger partial charge in [-0.2, -0.15) is 0 Å². The molecule has 0 saturated heterocycles. The van der Waals surface area contributed by atoms with E-state index in [1.165, 1.54) is 0 Å². The first-order valence-corrected chi connectivity index (χ1v) is 7.12. The van der Waals surface area contributed by atoms with Crippen LogP contribution in [0.5, 0.6) is 5.75 Å². The smallest absolute Gasteiger partial charge is 0.137 e. The fourth-order valence-corrected chi connectivity index (χ4v) is 2.45. The van der Waals surface area contributed by atoms with Crippen molar-refractivity contribution in [1.82, 2.24) is 10.3 Å². The second kappa shape index (κ2) is 7.76. The molecular weight excluding hydrogens is 264 g/mol. The first kappa shape index (κ1) is 15.5. The number of pyridine rings is 1. The summed E-state index contributed by atoms with van der Waals surface area (Å²) >= 11 is 0. The van der Waals surface area contributed by atoms with Crippen LogP contribution in [0.3, 0.4) is 0 Å². The topological polar surface area (TPSA) is 43.4 Å². The second-order valence-electron chi connectivity index (χ2n) is 4.72. The van der Waals surface area contributed by atoms with Crippen molar-refractivity contribution in [2.75, 3.05) is 20.8 Å². The van der Waals surface area contributed by atoms with Gasteiger partial charge in [-0.1, -0.05) is 30.3 Å². The molecule has 2 unspecified atom stereocenters. The Hall–Kier alpha value is -1.91. The van der Waals surface area contributed by atoms with Crippen LogP contribution in [0, 0.1) is 0 Å². The predicted molar refractivity (Wildman–Crippen MR) is 83.4 cm³/mol. The number of ether oxygens (including phenoxy) is 2. The van der Waals surface area contributed by atoms with Gasteiger partial charge >= 0.3 is 0 Å². The highest BCUT2D eigenvalue weighted by Crippen LogP contribution is 2.32. The monoisotopic (exact) mass is 286 g/mol. The Kier molecular flexibility index (Phi) is 5.72. The summed E-state index contributed by atoms with van der Waals surface area (Å²) in [6, 6.07) is 12.2. The zero-order valence-corrected chi connectivity index (χ0v) is 12.7. The minimum absolute atomic E-state index is 0.00491. The highest BCUT2D eigenvalue weighted by atomic mass is 16.5. The van der Waals surface area contributed by atoms with Crippen molar-refractivity contribution in [3.63, 3.8) is 0 Å². The van der Waals surface area contributed by atoms with Gasteiger partial charge in [-0.15, -0.1) is 0 Å². The second-order valence-corrected chi connectivity index (χ2v) is 4.72. The SMILES string of the molecule is CCOc1cncc(C(NC)C(OC)c2ccccc2)c1. The molecule has 0 amide bonds. The van der Waals surface area contributed by atoms with Gasteiger partial charge in [-0.05, 0) is 31.2 Å². The van der Waals surface area contributed by atoms with Crippen LogP contribution in [0.25, 0.3) is 0 Å². The van der Waals surface area contributed by atoms with Gasteiger partial charge < -0.3 is 14.8 Å². The summed E-state index contributed by atoms with van der Waals surface area (Å²) in [6.07, 6.45) is 3.48. The maximum Gasteiger partial charge on any atom is 0.137 e. The summed E-state index contributed by atoms with van der Waals surface area (Å²) in [6.45, 7) is 2.59. The van der Waals surface area contributed by atoms with Crippen LogP contribution in [-0.4, -0.2) is 25.7 Å². The summed E-state index contributed by atoms with van der Waals surface area (Å²) in [7, 11) is 3.65. The molecule has 2 atom stereocenters. The Labute approximate surface area is 126 Å². The minimum atomic E-state index is -0.0881. The van der Waals surface area contributed by atoms with E-state index in [1.807, 2.05) is 44.4 Å². The predicted octanol–water partition coefficient (Wildman–Crippen LogP) is 3.13. The molecule has 0 fully saturated rings. The van der Waals surface area contributed by atoms with Crippen LogP contribution in [0.15, 0.2) is 48.8 Å². The lowest BCUT2D eigenvalue weighted by Gasteiger charge is -2.26. The molecule has 2 rings (SSSR count). The molecule has 0 aliphatic carbocycles. The summed E-state index contributed by atoms with van der Waals surface area (Å²) < 4.78 is 11.2. The first-order valence-electron chi connectivity index (χ1n) is 7.12.